The zero-order valence-corrected chi connectivity index (χ0v) is 9.77. The molecule has 0 N–H and O–H groups in total. The summed E-state index contributed by atoms with van der Waals surface area (Å²) in [5, 5.41) is 2.22. The number of ketones is 1. The van der Waals surface area contributed by atoms with Crippen LogP contribution in [-0.4, -0.2) is 12.9 Å². The smallest absolute Gasteiger partial charge is 0.159 e. The Labute approximate surface area is 101 Å². The predicted molar refractivity (Wildman–Crippen MR) is 69.4 cm³/mol. The molecule has 0 aromatic heterocycles. The molecule has 0 unspecified atom stereocenters. The number of benzene rings is 2. The molecule has 0 saturated heterocycles. The monoisotopic (exact) mass is 226 g/mol. The van der Waals surface area contributed by atoms with Gasteiger partial charge in [-0.3, -0.25) is 4.79 Å². The molecule has 17 heavy (non-hydrogen) atoms. The first-order valence-electron chi connectivity index (χ1n) is 5.45. The molecule has 86 valence electrons. The van der Waals surface area contributed by atoms with Gasteiger partial charge >= 0.3 is 0 Å². The zero-order chi connectivity index (χ0) is 12.3. The van der Waals surface area contributed by atoms with Crippen LogP contribution in [0.2, 0.25) is 0 Å². The lowest BCUT2D eigenvalue weighted by Gasteiger charge is -2.04. The van der Waals surface area contributed by atoms with Gasteiger partial charge in [-0.25, -0.2) is 0 Å². The van der Waals surface area contributed by atoms with Crippen molar-refractivity contribution in [2.75, 3.05) is 7.11 Å². The molecule has 2 aromatic carbocycles. The van der Waals surface area contributed by atoms with Crippen LogP contribution in [-0.2, 0) is 11.2 Å². The van der Waals surface area contributed by atoms with Crippen LogP contribution in [0.15, 0.2) is 49.1 Å². The second-order valence-corrected chi connectivity index (χ2v) is 3.89. The number of methoxy groups -OCH3 is 1. The molecular formula is C15H14O2. The summed E-state index contributed by atoms with van der Waals surface area (Å²) < 4.78 is 5.17. The lowest BCUT2D eigenvalue weighted by atomic mass is 10.0. The molecule has 2 heteroatoms. The minimum atomic E-state index is 0.0397. The highest BCUT2D eigenvalue weighted by Gasteiger charge is 2.01. The molecule has 0 saturated carbocycles. The van der Waals surface area contributed by atoms with Crippen LogP contribution >= 0.6 is 0 Å². The molecule has 0 spiro atoms. The van der Waals surface area contributed by atoms with E-state index in [1.54, 1.807) is 7.11 Å². The maximum atomic E-state index is 11.3. The topological polar surface area (TPSA) is 26.3 Å². The van der Waals surface area contributed by atoms with Crippen molar-refractivity contribution >= 4 is 16.6 Å². The van der Waals surface area contributed by atoms with Crippen LogP contribution in [0, 0.1) is 0 Å². The average Bonchev–Trinajstić information content (AvgIpc) is 2.38. The van der Waals surface area contributed by atoms with Gasteiger partial charge < -0.3 is 4.74 Å². The first-order valence-corrected chi connectivity index (χ1v) is 5.45. The van der Waals surface area contributed by atoms with Gasteiger partial charge in [0.25, 0.3) is 0 Å². The van der Waals surface area contributed by atoms with Gasteiger partial charge in [-0.1, -0.05) is 30.8 Å². The van der Waals surface area contributed by atoms with Crippen LogP contribution in [0.1, 0.15) is 5.56 Å². The van der Waals surface area contributed by atoms with Gasteiger partial charge in [0.2, 0.25) is 0 Å². The van der Waals surface area contributed by atoms with Crippen molar-refractivity contribution in [1.29, 1.82) is 0 Å². The molecule has 0 radical (unpaired) electrons. The van der Waals surface area contributed by atoms with Crippen LogP contribution in [0.25, 0.3) is 10.8 Å². The van der Waals surface area contributed by atoms with Gasteiger partial charge in [0.15, 0.2) is 5.78 Å². The number of carbonyl (C=O) groups excluding carboxylic acids is 1. The second kappa shape index (κ2) is 4.83. The van der Waals surface area contributed by atoms with E-state index in [4.69, 9.17) is 4.74 Å². The van der Waals surface area contributed by atoms with Crippen LogP contribution in [0.4, 0.5) is 0 Å². The molecule has 0 fully saturated rings. The van der Waals surface area contributed by atoms with E-state index in [2.05, 4.69) is 6.58 Å². The number of ether oxygens (including phenoxy) is 1. The molecule has 2 nitrogen and oxygen atoms in total. The highest BCUT2D eigenvalue weighted by atomic mass is 16.5. The van der Waals surface area contributed by atoms with Gasteiger partial charge in [0.05, 0.1) is 7.11 Å². The molecule has 0 atom stereocenters. The summed E-state index contributed by atoms with van der Waals surface area (Å²) in [4.78, 5) is 11.3. The third kappa shape index (κ3) is 2.53. The maximum Gasteiger partial charge on any atom is 0.159 e. The number of fused-ring (bicyclic) bond motifs is 1. The second-order valence-electron chi connectivity index (χ2n) is 3.89. The Morgan fingerprint density at radius 1 is 1.24 bits per heavy atom. The van der Waals surface area contributed by atoms with Gasteiger partial charge in [0, 0.05) is 6.42 Å². The van der Waals surface area contributed by atoms with Crippen molar-refractivity contribution in [3.63, 3.8) is 0 Å². The van der Waals surface area contributed by atoms with Crippen LogP contribution in [0.3, 0.4) is 0 Å². The van der Waals surface area contributed by atoms with E-state index in [-0.39, 0.29) is 5.78 Å². The molecule has 0 bridgehead atoms. The Balaban J connectivity index is 2.37. The minimum Gasteiger partial charge on any atom is -0.497 e. The van der Waals surface area contributed by atoms with Crippen molar-refractivity contribution in [3.8, 4) is 5.75 Å². The fourth-order valence-corrected chi connectivity index (χ4v) is 1.78. The van der Waals surface area contributed by atoms with E-state index >= 15 is 0 Å². The van der Waals surface area contributed by atoms with Crippen LogP contribution < -0.4 is 4.74 Å². The number of carbonyl (C=O) groups is 1. The maximum absolute atomic E-state index is 11.3. The molecule has 0 heterocycles. The van der Waals surface area contributed by atoms with E-state index in [1.165, 1.54) is 6.08 Å². The molecule has 0 amide bonds. The number of hydrogen-bond donors (Lipinski definition) is 0. The summed E-state index contributed by atoms with van der Waals surface area (Å²) in [6.07, 6.45) is 1.77. The Morgan fingerprint density at radius 3 is 2.65 bits per heavy atom. The van der Waals surface area contributed by atoms with E-state index < -0.39 is 0 Å². The van der Waals surface area contributed by atoms with Gasteiger partial charge in [-0.05, 0) is 34.5 Å². The summed E-state index contributed by atoms with van der Waals surface area (Å²) >= 11 is 0. The van der Waals surface area contributed by atoms with E-state index in [0.717, 1.165) is 22.1 Å². The summed E-state index contributed by atoms with van der Waals surface area (Å²) in [5.74, 6) is 0.880. The van der Waals surface area contributed by atoms with E-state index in [1.807, 2.05) is 36.4 Å². The van der Waals surface area contributed by atoms with Crippen LogP contribution in [0.5, 0.6) is 5.75 Å². The highest BCUT2D eigenvalue weighted by Crippen LogP contribution is 2.22. The molecule has 0 aliphatic carbocycles. The normalized spacial score (nSPS) is 10.2. The quantitative estimate of drug-likeness (QED) is 0.748. The molecule has 0 aliphatic rings. The Kier molecular flexibility index (Phi) is 3.24. The fourth-order valence-electron chi connectivity index (χ4n) is 1.78. The summed E-state index contributed by atoms with van der Waals surface area (Å²) in [6, 6.07) is 11.9. The summed E-state index contributed by atoms with van der Waals surface area (Å²) in [6.45, 7) is 3.48. The van der Waals surface area contributed by atoms with Crippen molar-refractivity contribution in [1.82, 2.24) is 0 Å². The molecular weight excluding hydrogens is 212 g/mol. The zero-order valence-electron chi connectivity index (χ0n) is 9.77. The summed E-state index contributed by atoms with van der Waals surface area (Å²) in [7, 11) is 1.65. The van der Waals surface area contributed by atoms with E-state index in [9.17, 15) is 4.79 Å². The highest BCUT2D eigenvalue weighted by molar-refractivity contribution is 5.92. The predicted octanol–water partition coefficient (Wildman–Crippen LogP) is 3.15. The fraction of sp³-hybridized carbons (Fsp3) is 0.133. The number of hydrogen-bond acceptors (Lipinski definition) is 2. The lowest BCUT2D eigenvalue weighted by Crippen LogP contribution is -1.97. The lowest BCUT2D eigenvalue weighted by molar-refractivity contribution is -0.114. The van der Waals surface area contributed by atoms with Crippen molar-refractivity contribution < 1.29 is 9.53 Å². The minimum absolute atomic E-state index is 0.0397. The van der Waals surface area contributed by atoms with Crippen molar-refractivity contribution in [3.05, 3.63) is 54.6 Å². The number of rotatable bonds is 4. The van der Waals surface area contributed by atoms with Gasteiger partial charge in [0.1, 0.15) is 5.75 Å². The van der Waals surface area contributed by atoms with Gasteiger partial charge in [-0.15, -0.1) is 0 Å². The third-order valence-electron chi connectivity index (χ3n) is 2.72. The first kappa shape index (κ1) is 11.4. The van der Waals surface area contributed by atoms with Crippen molar-refractivity contribution in [2.45, 2.75) is 6.42 Å². The molecule has 2 aromatic rings. The largest absolute Gasteiger partial charge is 0.497 e. The van der Waals surface area contributed by atoms with Crippen molar-refractivity contribution in [2.24, 2.45) is 0 Å². The summed E-state index contributed by atoms with van der Waals surface area (Å²) in [5.41, 5.74) is 1.01. The standard InChI is InChI=1S/C15H14O2/c1-3-14(16)9-11-4-5-13-10-15(17-2)7-6-12(13)8-11/h3-8,10H,1,9H2,2H3. The molecule has 0 aliphatic heterocycles. The van der Waals surface area contributed by atoms with E-state index in [0.29, 0.717) is 6.42 Å². The Hall–Kier alpha value is -2.09. The SMILES string of the molecule is C=CC(=O)Cc1ccc2cc(OC)ccc2c1. The number of allylic oxidation sites excluding steroid dienone is 1. The molecule has 2 rings (SSSR count). The average molecular weight is 226 g/mol. The Morgan fingerprint density at radius 2 is 1.94 bits per heavy atom. The first-order chi connectivity index (χ1) is 8.22. The Bertz CT molecular complexity index is 570. The third-order valence-corrected chi connectivity index (χ3v) is 2.72. The van der Waals surface area contributed by atoms with Gasteiger partial charge in [-0.2, -0.15) is 0 Å².